The van der Waals surface area contributed by atoms with Gasteiger partial charge in [0.05, 0.1) is 6.61 Å². The summed E-state index contributed by atoms with van der Waals surface area (Å²) in [5.41, 5.74) is 0. The monoisotopic (exact) mass is 184 g/mol. The molecule has 72 valence electrons. The van der Waals surface area contributed by atoms with Crippen LogP contribution in [-0.4, -0.2) is 17.7 Å². The number of furan rings is 1. The summed E-state index contributed by atoms with van der Waals surface area (Å²) in [5.74, 6) is 0.0162. The second-order valence-corrected chi connectivity index (χ2v) is 2.56. The molecule has 1 aromatic heterocycles. The van der Waals surface area contributed by atoms with Gasteiger partial charge in [-0.15, -0.1) is 0 Å². The predicted octanol–water partition coefficient (Wildman–Crippen LogP) is 1.34. The smallest absolute Gasteiger partial charge is 0.374 e. The van der Waals surface area contributed by atoms with Crippen molar-refractivity contribution in [1.82, 2.24) is 0 Å². The predicted molar refractivity (Wildman–Crippen MR) is 45.2 cm³/mol. The Hall–Kier alpha value is -1.29. The molecule has 0 saturated heterocycles. The molecule has 0 amide bonds. The first kappa shape index (κ1) is 9.80. The number of rotatable bonds is 4. The van der Waals surface area contributed by atoms with Crippen molar-refractivity contribution in [3.8, 4) is 0 Å². The molecule has 13 heavy (non-hydrogen) atoms. The van der Waals surface area contributed by atoms with Gasteiger partial charge in [0.2, 0.25) is 5.76 Å². The maximum Gasteiger partial charge on any atom is 0.374 e. The summed E-state index contributed by atoms with van der Waals surface area (Å²) in [6.07, 6.45) is 0.777. The molecular formula is C9H12O4. The van der Waals surface area contributed by atoms with Gasteiger partial charge < -0.3 is 14.3 Å². The Balaban J connectivity index is 2.55. The molecule has 1 heterocycles. The molecule has 0 saturated carbocycles. The minimum absolute atomic E-state index is 0.137. The molecule has 0 atom stereocenters. The van der Waals surface area contributed by atoms with E-state index in [9.17, 15) is 4.79 Å². The molecule has 1 aromatic rings. The molecule has 0 fully saturated rings. The van der Waals surface area contributed by atoms with Crippen LogP contribution in [0.5, 0.6) is 0 Å². The molecule has 0 unspecified atom stereocenters. The molecular weight excluding hydrogens is 172 g/mol. The molecule has 0 aromatic carbocycles. The summed E-state index contributed by atoms with van der Waals surface area (Å²) in [6, 6.07) is 3.03. The number of hydrogen-bond donors (Lipinski definition) is 1. The lowest BCUT2D eigenvalue weighted by atomic mass is 10.4. The Morgan fingerprint density at radius 1 is 1.62 bits per heavy atom. The van der Waals surface area contributed by atoms with E-state index in [1.54, 1.807) is 6.07 Å². The molecule has 4 heteroatoms. The van der Waals surface area contributed by atoms with Gasteiger partial charge in [0, 0.05) is 0 Å². The number of ether oxygens (including phenoxy) is 1. The highest BCUT2D eigenvalue weighted by Crippen LogP contribution is 2.08. The average Bonchev–Trinajstić information content (AvgIpc) is 2.62. The van der Waals surface area contributed by atoms with Crippen molar-refractivity contribution in [2.45, 2.75) is 20.0 Å². The number of aliphatic hydroxyl groups is 1. The van der Waals surface area contributed by atoms with E-state index in [2.05, 4.69) is 0 Å². The maximum absolute atomic E-state index is 11.1. The zero-order valence-corrected chi connectivity index (χ0v) is 7.45. The lowest BCUT2D eigenvalue weighted by Gasteiger charge is -1.98. The fourth-order valence-corrected chi connectivity index (χ4v) is 0.838. The fourth-order valence-electron chi connectivity index (χ4n) is 0.838. The van der Waals surface area contributed by atoms with E-state index in [1.165, 1.54) is 6.07 Å². The summed E-state index contributed by atoms with van der Waals surface area (Å²) in [7, 11) is 0. The third-order valence-corrected chi connectivity index (χ3v) is 1.46. The van der Waals surface area contributed by atoms with Crippen LogP contribution in [0.3, 0.4) is 0 Å². The van der Waals surface area contributed by atoms with E-state index in [0.717, 1.165) is 6.42 Å². The van der Waals surface area contributed by atoms with Gasteiger partial charge in [0.25, 0.3) is 0 Å². The number of aliphatic hydroxyl groups excluding tert-OH is 1. The lowest BCUT2D eigenvalue weighted by molar-refractivity contribution is 0.0464. The van der Waals surface area contributed by atoms with Crippen molar-refractivity contribution in [3.05, 3.63) is 23.7 Å². The van der Waals surface area contributed by atoms with Crippen LogP contribution in [0.15, 0.2) is 16.5 Å². The SMILES string of the molecule is CCCOC(=O)c1ccc(CO)o1. The van der Waals surface area contributed by atoms with E-state index in [-0.39, 0.29) is 12.4 Å². The van der Waals surface area contributed by atoms with E-state index in [4.69, 9.17) is 14.3 Å². The van der Waals surface area contributed by atoms with Crippen LogP contribution in [0.25, 0.3) is 0 Å². The Morgan fingerprint density at radius 3 is 2.92 bits per heavy atom. The summed E-state index contributed by atoms with van der Waals surface area (Å²) < 4.78 is 9.79. The Bertz CT molecular complexity index is 277. The van der Waals surface area contributed by atoms with Crippen LogP contribution < -0.4 is 0 Å². The summed E-state index contributed by atoms with van der Waals surface area (Å²) >= 11 is 0. The maximum atomic E-state index is 11.1. The van der Waals surface area contributed by atoms with Gasteiger partial charge in [-0.1, -0.05) is 6.92 Å². The minimum Gasteiger partial charge on any atom is -0.460 e. The van der Waals surface area contributed by atoms with Gasteiger partial charge in [-0.3, -0.25) is 0 Å². The average molecular weight is 184 g/mol. The first-order valence-corrected chi connectivity index (χ1v) is 4.14. The van der Waals surface area contributed by atoms with E-state index in [0.29, 0.717) is 12.4 Å². The van der Waals surface area contributed by atoms with Crippen molar-refractivity contribution in [2.24, 2.45) is 0 Å². The quantitative estimate of drug-likeness (QED) is 0.717. The molecule has 1 N–H and O–H groups in total. The van der Waals surface area contributed by atoms with E-state index >= 15 is 0 Å². The van der Waals surface area contributed by atoms with Gasteiger partial charge in [-0.05, 0) is 18.6 Å². The Labute approximate surface area is 76.1 Å². The zero-order chi connectivity index (χ0) is 9.68. The highest BCUT2D eigenvalue weighted by molar-refractivity contribution is 5.86. The van der Waals surface area contributed by atoms with Crippen molar-refractivity contribution >= 4 is 5.97 Å². The van der Waals surface area contributed by atoms with Gasteiger partial charge in [-0.2, -0.15) is 0 Å². The zero-order valence-electron chi connectivity index (χ0n) is 7.45. The summed E-state index contributed by atoms with van der Waals surface area (Å²) in [5, 5.41) is 8.66. The molecule has 0 aliphatic rings. The second-order valence-electron chi connectivity index (χ2n) is 2.56. The second kappa shape index (κ2) is 4.67. The largest absolute Gasteiger partial charge is 0.460 e. The van der Waals surface area contributed by atoms with Crippen LogP contribution in [0, 0.1) is 0 Å². The van der Waals surface area contributed by atoms with Crippen LogP contribution in [-0.2, 0) is 11.3 Å². The van der Waals surface area contributed by atoms with Crippen LogP contribution in [0.4, 0.5) is 0 Å². The number of esters is 1. The number of carbonyl (C=O) groups excluding carboxylic acids is 1. The molecule has 1 rings (SSSR count). The first-order valence-electron chi connectivity index (χ1n) is 4.14. The summed E-state index contributed by atoms with van der Waals surface area (Å²) in [4.78, 5) is 11.1. The molecule has 0 aliphatic heterocycles. The molecule has 0 aliphatic carbocycles. The highest BCUT2D eigenvalue weighted by atomic mass is 16.5. The topological polar surface area (TPSA) is 59.7 Å². The molecule has 0 spiro atoms. The van der Waals surface area contributed by atoms with Crippen molar-refractivity contribution < 1.29 is 19.1 Å². The normalized spacial score (nSPS) is 10.0. The van der Waals surface area contributed by atoms with E-state index < -0.39 is 5.97 Å². The number of hydrogen-bond acceptors (Lipinski definition) is 4. The van der Waals surface area contributed by atoms with Crippen LogP contribution in [0.1, 0.15) is 29.7 Å². The number of carbonyl (C=O) groups is 1. The molecule has 0 radical (unpaired) electrons. The lowest BCUT2D eigenvalue weighted by Crippen LogP contribution is -2.04. The Kier molecular flexibility index (Phi) is 3.52. The van der Waals surface area contributed by atoms with Gasteiger partial charge in [-0.25, -0.2) is 4.79 Å². The first-order chi connectivity index (χ1) is 6.27. The Morgan fingerprint density at radius 2 is 2.38 bits per heavy atom. The molecule has 4 nitrogen and oxygen atoms in total. The molecule has 0 bridgehead atoms. The van der Waals surface area contributed by atoms with Crippen molar-refractivity contribution in [1.29, 1.82) is 0 Å². The van der Waals surface area contributed by atoms with Crippen LogP contribution in [0.2, 0.25) is 0 Å². The third kappa shape index (κ3) is 2.59. The van der Waals surface area contributed by atoms with Crippen molar-refractivity contribution in [3.63, 3.8) is 0 Å². The van der Waals surface area contributed by atoms with Crippen molar-refractivity contribution in [2.75, 3.05) is 6.61 Å². The van der Waals surface area contributed by atoms with Gasteiger partial charge >= 0.3 is 5.97 Å². The third-order valence-electron chi connectivity index (χ3n) is 1.46. The standard InChI is InChI=1S/C9H12O4/c1-2-5-12-9(11)8-4-3-7(6-10)13-8/h3-4,10H,2,5-6H2,1H3. The van der Waals surface area contributed by atoms with Gasteiger partial charge in [0.1, 0.15) is 12.4 Å². The van der Waals surface area contributed by atoms with Crippen LogP contribution >= 0.6 is 0 Å². The minimum atomic E-state index is -0.485. The van der Waals surface area contributed by atoms with E-state index in [1.807, 2.05) is 6.92 Å². The highest BCUT2D eigenvalue weighted by Gasteiger charge is 2.11. The van der Waals surface area contributed by atoms with Gasteiger partial charge in [0.15, 0.2) is 0 Å². The summed E-state index contributed by atoms with van der Waals surface area (Å²) in [6.45, 7) is 2.09. The fraction of sp³-hybridized carbons (Fsp3) is 0.444.